The molecule has 0 aromatic heterocycles. The Labute approximate surface area is 121 Å². The second-order valence-corrected chi connectivity index (χ2v) is 4.64. The van der Waals surface area contributed by atoms with Gasteiger partial charge < -0.3 is 14.8 Å². The Kier molecular flexibility index (Phi) is 8.47. The van der Waals surface area contributed by atoms with Gasteiger partial charge in [-0.1, -0.05) is 18.6 Å². The van der Waals surface area contributed by atoms with Crippen LogP contribution in [0.4, 0.5) is 0 Å². The van der Waals surface area contributed by atoms with Crippen LogP contribution in [0.2, 0.25) is 0 Å². The van der Waals surface area contributed by atoms with E-state index in [0.29, 0.717) is 13.0 Å². The second-order valence-electron chi connectivity index (χ2n) is 4.64. The smallest absolute Gasteiger partial charge is 0.305 e. The average molecular weight is 279 g/mol. The van der Waals surface area contributed by atoms with Crippen molar-refractivity contribution in [2.45, 2.75) is 39.2 Å². The van der Waals surface area contributed by atoms with E-state index in [4.69, 9.17) is 9.47 Å². The van der Waals surface area contributed by atoms with E-state index in [1.807, 2.05) is 25.1 Å². The van der Waals surface area contributed by atoms with E-state index in [9.17, 15) is 4.79 Å². The molecule has 0 fully saturated rings. The van der Waals surface area contributed by atoms with Crippen LogP contribution in [-0.2, 0) is 16.1 Å². The summed E-state index contributed by atoms with van der Waals surface area (Å²) in [6.07, 6.45) is 3.55. The number of benzene rings is 1. The Balaban J connectivity index is 2.03. The fraction of sp³-hybridized carbons (Fsp3) is 0.562. The molecule has 1 aromatic carbocycles. The van der Waals surface area contributed by atoms with Crippen LogP contribution in [0.5, 0.6) is 5.75 Å². The van der Waals surface area contributed by atoms with E-state index < -0.39 is 0 Å². The van der Waals surface area contributed by atoms with Crippen molar-refractivity contribution in [3.63, 3.8) is 0 Å². The van der Waals surface area contributed by atoms with Crippen molar-refractivity contribution in [3.8, 4) is 5.75 Å². The van der Waals surface area contributed by atoms with Crippen LogP contribution in [0, 0.1) is 0 Å². The number of hydrogen-bond donors (Lipinski definition) is 1. The molecule has 1 N–H and O–H groups in total. The van der Waals surface area contributed by atoms with E-state index in [1.54, 1.807) is 7.11 Å². The normalized spacial score (nSPS) is 10.3. The maximum absolute atomic E-state index is 11.1. The van der Waals surface area contributed by atoms with Gasteiger partial charge in [0, 0.05) is 13.0 Å². The number of esters is 1. The van der Waals surface area contributed by atoms with Crippen molar-refractivity contribution in [1.82, 2.24) is 5.32 Å². The van der Waals surface area contributed by atoms with Crippen molar-refractivity contribution in [1.29, 1.82) is 0 Å². The SMILES string of the molecule is CCOC(=O)CCCCCNCc1cccc(OC)c1. The third-order valence-electron chi connectivity index (χ3n) is 3.00. The molecule has 20 heavy (non-hydrogen) atoms. The summed E-state index contributed by atoms with van der Waals surface area (Å²) in [5.74, 6) is 0.801. The Hall–Kier alpha value is -1.55. The maximum atomic E-state index is 11.1. The van der Waals surface area contributed by atoms with Gasteiger partial charge in [0.1, 0.15) is 5.75 Å². The summed E-state index contributed by atoms with van der Waals surface area (Å²) in [6, 6.07) is 8.05. The molecule has 1 aromatic rings. The molecular weight excluding hydrogens is 254 g/mol. The maximum Gasteiger partial charge on any atom is 0.305 e. The molecule has 4 heteroatoms. The minimum Gasteiger partial charge on any atom is -0.497 e. The predicted octanol–water partition coefficient (Wildman–Crippen LogP) is 2.91. The minimum absolute atomic E-state index is 0.0863. The van der Waals surface area contributed by atoms with E-state index in [2.05, 4.69) is 11.4 Å². The van der Waals surface area contributed by atoms with Crippen LogP contribution < -0.4 is 10.1 Å². The minimum atomic E-state index is -0.0863. The Morgan fingerprint density at radius 1 is 1.25 bits per heavy atom. The highest BCUT2D eigenvalue weighted by Crippen LogP contribution is 2.12. The molecule has 0 unspecified atom stereocenters. The lowest BCUT2D eigenvalue weighted by molar-refractivity contribution is -0.143. The van der Waals surface area contributed by atoms with Gasteiger partial charge >= 0.3 is 5.97 Å². The summed E-state index contributed by atoms with van der Waals surface area (Å²) in [5, 5.41) is 3.39. The topological polar surface area (TPSA) is 47.6 Å². The Morgan fingerprint density at radius 2 is 2.10 bits per heavy atom. The lowest BCUT2D eigenvalue weighted by atomic mass is 10.2. The van der Waals surface area contributed by atoms with Gasteiger partial charge in [0.25, 0.3) is 0 Å². The lowest BCUT2D eigenvalue weighted by Crippen LogP contribution is -2.14. The number of ether oxygens (including phenoxy) is 2. The molecule has 0 aliphatic rings. The largest absolute Gasteiger partial charge is 0.497 e. The average Bonchev–Trinajstić information content (AvgIpc) is 2.47. The first-order chi connectivity index (χ1) is 9.76. The lowest BCUT2D eigenvalue weighted by Gasteiger charge is -2.06. The van der Waals surface area contributed by atoms with Gasteiger partial charge in [-0.25, -0.2) is 0 Å². The molecule has 0 amide bonds. The number of carbonyl (C=O) groups is 1. The van der Waals surface area contributed by atoms with Gasteiger partial charge in [-0.2, -0.15) is 0 Å². The molecule has 0 spiro atoms. The summed E-state index contributed by atoms with van der Waals surface area (Å²) in [5.41, 5.74) is 1.22. The predicted molar refractivity (Wildman–Crippen MR) is 79.8 cm³/mol. The molecule has 4 nitrogen and oxygen atoms in total. The zero-order valence-corrected chi connectivity index (χ0v) is 12.5. The Morgan fingerprint density at radius 3 is 2.85 bits per heavy atom. The van der Waals surface area contributed by atoms with Crippen molar-refractivity contribution in [2.24, 2.45) is 0 Å². The summed E-state index contributed by atoms with van der Waals surface area (Å²) < 4.78 is 10.1. The quantitative estimate of drug-likeness (QED) is 0.528. The molecule has 0 aliphatic carbocycles. The number of nitrogens with one attached hydrogen (secondary N) is 1. The highest BCUT2D eigenvalue weighted by Gasteiger charge is 2.00. The molecular formula is C16H25NO3. The van der Waals surface area contributed by atoms with Crippen LogP contribution >= 0.6 is 0 Å². The van der Waals surface area contributed by atoms with Crippen molar-refractivity contribution >= 4 is 5.97 Å². The number of methoxy groups -OCH3 is 1. The molecule has 0 aliphatic heterocycles. The van der Waals surface area contributed by atoms with E-state index >= 15 is 0 Å². The zero-order chi connectivity index (χ0) is 14.6. The molecule has 1 rings (SSSR count). The first-order valence-corrected chi connectivity index (χ1v) is 7.25. The van der Waals surface area contributed by atoms with E-state index in [-0.39, 0.29) is 5.97 Å². The highest BCUT2D eigenvalue weighted by atomic mass is 16.5. The van der Waals surface area contributed by atoms with Gasteiger partial charge in [-0.3, -0.25) is 4.79 Å². The molecule has 0 heterocycles. The second kappa shape index (κ2) is 10.3. The standard InChI is InChI=1S/C16H25NO3/c1-3-20-16(18)10-5-4-6-11-17-13-14-8-7-9-15(12-14)19-2/h7-9,12,17H,3-6,10-11,13H2,1-2H3. The fourth-order valence-corrected chi connectivity index (χ4v) is 1.94. The number of unbranched alkanes of at least 4 members (excludes halogenated alkanes) is 2. The Bertz CT molecular complexity index is 393. The summed E-state index contributed by atoms with van der Waals surface area (Å²) in [6.45, 7) is 4.11. The van der Waals surface area contributed by atoms with Crippen LogP contribution in [0.15, 0.2) is 24.3 Å². The van der Waals surface area contributed by atoms with E-state index in [1.165, 1.54) is 5.56 Å². The van der Waals surface area contributed by atoms with Crippen molar-refractivity contribution in [2.75, 3.05) is 20.3 Å². The van der Waals surface area contributed by atoms with Gasteiger partial charge in [-0.05, 0) is 44.0 Å². The van der Waals surface area contributed by atoms with Gasteiger partial charge in [0.2, 0.25) is 0 Å². The first kappa shape index (κ1) is 16.5. The molecule has 112 valence electrons. The molecule has 0 atom stereocenters. The van der Waals surface area contributed by atoms with Crippen LogP contribution in [0.25, 0.3) is 0 Å². The number of rotatable bonds is 10. The number of carbonyl (C=O) groups excluding carboxylic acids is 1. The third-order valence-corrected chi connectivity index (χ3v) is 3.00. The summed E-state index contributed by atoms with van der Waals surface area (Å²) >= 11 is 0. The fourth-order valence-electron chi connectivity index (χ4n) is 1.94. The van der Waals surface area contributed by atoms with Crippen LogP contribution in [0.3, 0.4) is 0 Å². The highest BCUT2D eigenvalue weighted by molar-refractivity contribution is 5.69. The van der Waals surface area contributed by atoms with E-state index in [0.717, 1.165) is 38.1 Å². The monoisotopic (exact) mass is 279 g/mol. The van der Waals surface area contributed by atoms with Crippen molar-refractivity contribution < 1.29 is 14.3 Å². The van der Waals surface area contributed by atoms with Crippen molar-refractivity contribution in [3.05, 3.63) is 29.8 Å². The first-order valence-electron chi connectivity index (χ1n) is 7.25. The summed E-state index contributed by atoms with van der Waals surface area (Å²) in [7, 11) is 1.68. The third kappa shape index (κ3) is 7.14. The number of hydrogen-bond acceptors (Lipinski definition) is 4. The van der Waals surface area contributed by atoms with Gasteiger partial charge in [0.05, 0.1) is 13.7 Å². The molecule has 0 saturated carbocycles. The van der Waals surface area contributed by atoms with Crippen LogP contribution in [-0.4, -0.2) is 26.2 Å². The van der Waals surface area contributed by atoms with Crippen LogP contribution in [0.1, 0.15) is 38.2 Å². The molecule has 0 bridgehead atoms. The van der Waals surface area contributed by atoms with Gasteiger partial charge in [-0.15, -0.1) is 0 Å². The molecule has 0 radical (unpaired) electrons. The zero-order valence-electron chi connectivity index (χ0n) is 12.5. The summed E-state index contributed by atoms with van der Waals surface area (Å²) in [4.78, 5) is 11.1. The molecule has 0 saturated heterocycles. The van der Waals surface area contributed by atoms with Gasteiger partial charge in [0.15, 0.2) is 0 Å².